The number of likely N-dealkylation sites (N-methyl/N-ethyl adjacent to an activating group) is 4. The van der Waals surface area contributed by atoms with Gasteiger partial charge in [0.2, 0.25) is 0 Å². The highest BCUT2D eigenvalue weighted by molar-refractivity contribution is 4.57. The van der Waals surface area contributed by atoms with Gasteiger partial charge >= 0.3 is 0 Å². The zero-order valence-electron chi connectivity index (χ0n) is 10.8. The minimum absolute atomic E-state index is 1.08. The summed E-state index contributed by atoms with van der Waals surface area (Å²) in [5.41, 5.74) is 0. The van der Waals surface area contributed by atoms with Crippen molar-refractivity contribution in [2.75, 3.05) is 67.5 Å². The first-order chi connectivity index (χ1) is 7.20. The maximum atomic E-state index is 3.17. The topological polar surface area (TPSA) is 30.5 Å². The van der Waals surface area contributed by atoms with Gasteiger partial charge in [-0.2, -0.15) is 0 Å². The van der Waals surface area contributed by atoms with E-state index in [0.29, 0.717) is 0 Å². The highest BCUT2D eigenvalue weighted by atomic mass is 15.1. The average molecular weight is 216 g/mol. The quantitative estimate of drug-likeness (QED) is 0.524. The third-order valence-electron chi connectivity index (χ3n) is 2.57. The SMILES string of the molecule is CNCCN(C)CCCN(C)CCNC. The minimum Gasteiger partial charge on any atom is -0.318 e. The molecule has 92 valence electrons. The van der Waals surface area contributed by atoms with E-state index in [1.165, 1.54) is 19.5 Å². The third-order valence-corrected chi connectivity index (χ3v) is 2.57. The summed E-state index contributed by atoms with van der Waals surface area (Å²) >= 11 is 0. The molecule has 0 amide bonds. The van der Waals surface area contributed by atoms with Crippen molar-refractivity contribution in [3.8, 4) is 0 Å². The largest absolute Gasteiger partial charge is 0.318 e. The van der Waals surface area contributed by atoms with Gasteiger partial charge < -0.3 is 20.4 Å². The molecular weight excluding hydrogens is 188 g/mol. The molecule has 0 radical (unpaired) electrons. The second kappa shape index (κ2) is 10.4. The molecule has 0 aliphatic carbocycles. The van der Waals surface area contributed by atoms with E-state index in [9.17, 15) is 0 Å². The van der Waals surface area contributed by atoms with Crippen molar-refractivity contribution in [2.24, 2.45) is 0 Å². The molecule has 0 saturated carbocycles. The summed E-state index contributed by atoms with van der Waals surface area (Å²) in [4.78, 5) is 4.75. The molecular formula is C11H28N4. The molecule has 4 nitrogen and oxygen atoms in total. The number of nitrogens with zero attached hydrogens (tertiary/aromatic N) is 2. The lowest BCUT2D eigenvalue weighted by atomic mass is 10.3. The molecule has 0 bridgehead atoms. The van der Waals surface area contributed by atoms with Gasteiger partial charge in [-0.3, -0.25) is 0 Å². The highest BCUT2D eigenvalue weighted by Gasteiger charge is 2.00. The fraction of sp³-hybridized carbons (Fsp3) is 1.00. The van der Waals surface area contributed by atoms with Crippen molar-refractivity contribution < 1.29 is 0 Å². The van der Waals surface area contributed by atoms with Crippen LogP contribution in [0.4, 0.5) is 0 Å². The second-order valence-electron chi connectivity index (χ2n) is 4.17. The van der Waals surface area contributed by atoms with Gasteiger partial charge in [0.1, 0.15) is 0 Å². The van der Waals surface area contributed by atoms with Crippen molar-refractivity contribution >= 4 is 0 Å². The van der Waals surface area contributed by atoms with Gasteiger partial charge in [-0.25, -0.2) is 0 Å². The third kappa shape index (κ3) is 10.1. The van der Waals surface area contributed by atoms with Crippen molar-refractivity contribution in [3.05, 3.63) is 0 Å². The maximum Gasteiger partial charge on any atom is 0.0104 e. The van der Waals surface area contributed by atoms with E-state index >= 15 is 0 Å². The summed E-state index contributed by atoms with van der Waals surface area (Å²) in [5.74, 6) is 0. The summed E-state index contributed by atoms with van der Waals surface area (Å²) < 4.78 is 0. The Balaban J connectivity index is 3.27. The van der Waals surface area contributed by atoms with Gasteiger partial charge in [0, 0.05) is 26.2 Å². The van der Waals surface area contributed by atoms with E-state index in [-0.39, 0.29) is 0 Å². The minimum atomic E-state index is 1.08. The molecule has 0 aliphatic heterocycles. The standard InChI is InChI=1S/C11H28N4/c1-12-6-10-14(3)8-5-9-15(4)11-7-13-2/h12-13H,5-11H2,1-4H3. The molecule has 0 rings (SSSR count). The van der Waals surface area contributed by atoms with E-state index in [1.54, 1.807) is 0 Å². The average Bonchev–Trinajstić information content (AvgIpc) is 2.23. The Morgan fingerprint density at radius 3 is 1.47 bits per heavy atom. The lowest BCUT2D eigenvalue weighted by Crippen LogP contribution is -2.32. The molecule has 0 aromatic carbocycles. The highest BCUT2D eigenvalue weighted by Crippen LogP contribution is 1.90. The maximum absolute atomic E-state index is 3.17. The summed E-state index contributed by atoms with van der Waals surface area (Å²) in [6, 6.07) is 0. The Labute approximate surface area is 95.0 Å². The van der Waals surface area contributed by atoms with Crippen molar-refractivity contribution in [1.82, 2.24) is 20.4 Å². The van der Waals surface area contributed by atoms with Crippen LogP contribution in [0.15, 0.2) is 0 Å². The van der Waals surface area contributed by atoms with Crippen LogP contribution in [0.25, 0.3) is 0 Å². The first-order valence-corrected chi connectivity index (χ1v) is 5.87. The van der Waals surface area contributed by atoms with E-state index in [0.717, 1.165) is 26.2 Å². The van der Waals surface area contributed by atoms with Gasteiger partial charge in [-0.1, -0.05) is 0 Å². The van der Waals surface area contributed by atoms with Gasteiger partial charge in [-0.15, -0.1) is 0 Å². The Bertz CT molecular complexity index is 116. The second-order valence-corrected chi connectivity index (χ2v) is 4.17. The summed E-state index contributed by atoms with van der Waals surface area (Å²) in [6.45, 7) is 6.79. The van der Waals surface area contributed by atoms with Crippen LogP contribution in [-0.4, -0.2) is 77.3 Å². The lowest BCUT2D eigenvalue weighted by Gasteiger charge is -2.20. The first kappa shape index (κ1) is 14.8. The molecule has 0 aromatic heterocycles. The fourth-order valence-corrected chi connectivity index (χ4v) is 1.44. The van der Waals surface area contributed by atoms with E-state index in [4.69, 9.17) is 0 Å². The summed E-state index contributed by atoms with van der Waals surface area (Å²) in [7, 11) is 8.37. The summed E-state index contributed by atoms with van der Waals surface area (Å²) in [5, 5.41) is 6.33. The van der Waals surface area contributed by atoms with Gasteiger partial charge in [0.25, 0.3) is 0 Å². The molecule has 2 N–H and O–H groups in total. The van der Waals surface area contributed by atoms with Crippen LogP contribution in [0.2, 0.25) is 0 Å². The predicted molar refractivity (Wildman–Crippen MR) is 67.5 cm³/mol. The first-order valence-electron chi connectivity index (χ1n) is 5.87. The molecule has 0 aliphatic rings. The number of hydrogen-bond donors (Lipinski definition) is 2. The summed E-state index contributed by atoms with van der Waals surface area (Å²) in [6.07, 6.45) is 1.25. The molecule has 0 aromatic rings. The van der Waals surface area contributed by atoms with Crippen LogP contribution < -0.4 is 10.6 Å². The fourth-order valence-electron chi connectivity index (χ4n) is 1.44. The Hall–Kier alpha value is -0.160. The van der Waals surface area contributed by atoms with Crippen LogP contribution in [0.3, 0.4) is 0 Å². The lowest BCUT2D eigenvalue weighted by molar-refractivity contribution is 0.280. The molecule has 15 heavy (non-hydrogen) atoms. The van der Waals surface area contributed by atoms with Gasteiger partial charge in [0.15, 0.2) is 0 Å². The van der Waals surface area contributed by atoms with E-state index in [2.05, 4.69) is 34.5 Å². The smallest absolute Gasteiger partial charge is 0.0104 e. The normalized spacial score (nSPS) is 11.6. The number of nitrogens with one attached hydrogen (secondary N) is 2. The number of hydrogen-bond acceptors (Lipinski definition) is 4. The van der Waals surface area contributed by atoms with Gasteiger partial charge in [-0.05, 0) is 47.7 Å². The predicted octanol–water partition coefficient (Wildman–Crippen LogP) is -0.321. The van der Waals surface area contributed by atoms with Crippen LogP contribution in [0.5, 0.6) is 0 Å². The molecule has 0 unspecified atom stereocenters. The zero-order chi connectivity index (χ0) is 11.5. The van der Waals surface area contributed by atoms with E-state index < -0.39 is 0 Å². The number of rotatable bonds is 10. The van der Waals surface area contributed by atoms with Crippen molar-refractivity contribution in [3.63, 3.8) is 0 Å². The van der Waals surface area contributed by atoms with Crippen LogP contribution >= 0.6 is 0 Å². The monoisotopic (exact) mass is 216 g/mol. The Morgan fingerprint density at radius 2 is 1.13 bits per heavy atom. The zero-order valence-corrected chi connectivity index (χ0v) is 10.8. The Kier molecular flexibility index (Phi) is 10.3. The van der Waals surface area contributed by atoms with Crippen LogP contribution in [0.1, 0.15) is 6.42 Å². The Morgan fingerprint density at radius 1 is 0.733 bits per heavy atom. The molecule has 0 spiro atoms. The van der Waals surface area contributed by atoms with Crippen LogP contribution in [-0.2, 0) is 0 Å². The van der Waals surface area contributed by atoms with E-state index in [1.807, 2.05) is 14.1 Å². The molecule has 4 heteroatoms. The molecule has 0 atom stereocenters. The van der Waals surface area contributed by atoms with Crippen molar-refractivity contribution in [2.45, 2.75) is 6.42 Å². The van der Waals surface area contributed by atoms with Crippen molar-refractivity contribution in [1.29, 1.82) is 0 Å². The van der Waals surface area contributed by atoms with Crippen LogP contribution in [0, 0.1) is 0 Å². The molecule has 0 fully saturated rings. The molecule has 0 heterocycles. The van der Waals surface area contributed by atoms with Gasteiger partial charge in [0.05, 0.1) is 0 Å². The molecule has 0 saturated heterocycles.